The second kappa shape index (κ2) is 48.8. The summed E-state index contributed by atoms with van der Waals surface area (Å²) in [6, 6.07) is -0.705. The molecule has 0 saturated carbocycles. The van der Waals surface area contributed by atoms with Crippen LogP contribution in [0.2, 0.25) is 0 Å². The van der Waals surface area contributed by atoms with E-state index in [9.17, 15) is 19.8 Å². The molecule has 0 aliphatic heterocycles. The maximum absolute atomic E-state index is 13.2. The van der Waals surface area contributed by atoms with E-state index in [1.165, 1.54) is 141 Å². The van der Waals surface area contributed by atoms with Gasteiger partial charge < -0.3 is 20.3 Å². The van der Waals surface area contributed by atoms with Crippen molar-refractivity contribution in [3.63, 3.8) is 0 Å². The third-order valence-corrected chi connectivity index (χ3v) is 11.9. The van der Waals surface area contributed by atoms with Crippen molar-refractivity contribution in [3.05, 3.63) is 48.6 Å². The van der Waals surface area contributed by atoms with Gasteiger partial charge in [-0.2, -0.15) is 0 Å². The van der Waals surface area contributed by atoms with Gasteiger partial charge in [-0.3, -0.25) is 9.59 Å². The highest BCUT2D eigenvalue weighted by molar-refractivity contribution is 5.77. The highest BCUT2D eigenvalue weighted by atomic mass is 16.5. The van der Waals surface area contributed by atoms with Crippen LogP contribution in [-0.2, 0) is 14.3 Å². The number of hydrogen-bond acceptors (Lipinski definition) is 5. The van der Waals surface area contributed by atoms with Crippen molar-refractivity contribution in [1.82, 2.24) is 5.32 Å². The van der Waals surface area contributed by atoms with Crippen molar-refractivity contribution in [1.29, 1.82) is 0 Å². The lowest BCUT2D eigenvalue weighted by Gasteiger charge is -2.24. The summed E-state index contributed by atoms with van der Waals surface area (Å²) in [6.45, 7) is 6.42. The Labute approximate surface area is 378 Å². The molecule has 1 amide bonds. The molecular formula is C55H101NO5. The van der Waals surface area contributed by atoms with Crippen molar-refractivity contribution < 1.29 is 24.5 Å². The van der Waals surface area contributed by atoms with Crippen molar-refractivity contribution in [3.8, 4) is 0 Å². The summed E-state index contributed by atoms with van der Waals surface area (Å²) < 4.78 is 5.94. The largest absolute Gasteiger partial charge is 0.462 e. The molecule has 3 atom stereocenters. The molecule has 6 heteroatoms. The second-order valence-electron chi connectivity index (χ2n) is 17.9. The average Bonchev–Trinajstić information content (AvgIpc) is 3.25. The van der Waals surface area contributed by atoms with Crippen LogP contribution in [0.5, 0.6) is 0 Å². The van der Waals surface area contributed by atoms with Crippen molar-refractivity contribution in [2.45, 2.75) is 283 Å². The highest BCUT2D eigenvalue weighted by Gasteiger charge is 2.24. The van der Waals surface area contributed by atoms with Gasteiger partial charge >= 0.3 is 5.97 Å². The number of esters is 1. The van der Waals surface area contributed by atoms with Crippen LogP contribution in [0.4, 0.5) is 0 Å². The maximum Gasteiger partial charge on any atom is 0.306 e. The number of allylic oxidation sites excluding steroid dienone is 8. The van der Waals surface area contributed by atoms with Gasteiger partial charge in [0.15, 0.2) is 0 Å². The number of nitrogens with one attached hydrogen (secondary N) is 1. The molecule has 61 heavy (non-hydrogen) atoms. The summed E-state index contributed by atoms with van der Waals surface area (Å²) >= 11 is 0. The van der Waals surface area contributed by atoms with Gasteiger partial charge in [0.25, 0.3) is 0 Å². The first-order chi connectivity index (χ1) is 30.0. The Balaban J connectivity index is 4.61. The van der Waals surface area contributed by atoms with Crippen LogP contribution < -0.4 is 5.32 Å². The molecule has 3 N–H and O–H groups in total. The van der Waals surface area contributed by atoms with Crippen LogP contribution in [-0.4, -0.2) is 46.9 Å². The highest BCUT2D eigenvalue weighted by Crippen LogP contribution is 2.18. The fourth-order valence-corrected chi connectivity index (χ4v) is 7.86. The zero-order valence-corrected chi connectivity index (χ0v) is 40.5. The van der Waals surface area contributed by atoms with Crippen LogP contribution in [0.3, 0.4) is 0 Å². The number of carbonyl (C=O) groups excluding carboxylic acids is 2. The first kappa shape index (κ1) is 58.8. The molecule has 0 aromatic carbocycles. The van der Waals surface area contributed by atoms with Gasteiger partial charge in [-0.05, 0) is 83.5 Å². The Morgan fingerprint density at radius 3 is 1.38 bits per heavy atom. The molecule has 0 saturated heterocycles. The molecular weight excluding hydrogens is 755 g/mol. The third kappa shape index (κ3) is 44.2. The average molecular weight is 856 g/mol. The summed E-state index contributed by atoms with van der Waals surface area (Å²) in [7, 11) is 0. The quantitative estimate of drug-likeness (QED) is 0.0245. The second-order valence-corrected chi connectivity index (χ2v) is 17.9. The number of carbonyl (C=O) groups is 2. The van der Waals surface area contributed by atoms with E-state index < -0.39 is 18.2 Å². The van der Waals surface area contributed by atoms with E-state index in [0.717, 1.165) is 77.0 Å². The lowest BCUT2D eigenvalue weighted by Crippen LogP contribution is -2.46. The molecule has 0 fully saturated rings. The Hall–Kier alpha value is -2.18. The van der Waals surface area contributed by atoms with Gasteiger partial charge in [0.05, 0.1) is 25.2 Å². The molecule has 356 valence electrons. The Morgan fingerprint density at radius 1 is 0.492 bits per heavy atom. The van der Waals surface area contributed by atoms with Crippen LogP contribution in [0.15, 0.2) is 48.6 Å². The van der Waals surface area contributed by atoms with E-state index in [2.05, 4.69) is 74.7 Å². The molecule has 6 nitrogen and oxygen atoms in total. The van der Waals surface area contributed by atoms with E-state index in [1.54, 1.807) is 0 Å². The van der Waals surface area contributed by atoms with Crippen molar-refractivity contribution in [2.24, 2.45) is 0 Å². The summed E-state index contributed by atoms with van der Waals surface area (Å²) in [4.78, 5) is 26.2. The molecule has 0 heterocycles. The van der Waals surface area contributed by atoms with Gasteiger partial charge in [-0.15, -0.1) is 0 Å². The number of unbranched alkanes of at least 4 members (excludes halogenated alkanes) is 28. The molecule has 0 aliphatic rings. The lowest BCUT2D eigenvalue weighted by atomic mass is 10.0. The van der Waals surface area contributed by atoms with Gasteiger partial charge in [-0.1, -0.05) is 217 Å². The van der Waals surface area contributed by atoms with E-state index in [0.29, 0.717) is 19.3 Å². The van der Waals surface area contributed by atoms with Crippen LogP contribution in [0.1, 0.15) is 265 Å². The number of amides is 1. The van der Waals surface area contributed by atoms with Gasteiger partial charge in [0, 0.05) is 6.42 Å². The van der Waals surface area contributed by atoms with E-state index >= 15 is 0 Å². The molecule has 0 radical (unpaired) electrons. The molecule has 0 aromatic rings. The first-order valence-corrected chi connectivity index (χ1v) is 26.4. The predicted molar refractivity (Wildman–Crippen MR) is 264 cm³/mol. The zero-order chi connectivity index (χ0) is 44.5. The standard InChI is InChI=1S/C55H101NO5/c1-4-7-10-13-16-19-22-24-26-27-29-30-32-34-37-40-43-46-51(61-55(60)48-45-42-39-36-33-31-28-25-23-20-17-14-11-8-5-2)49-54(59)56-52(50-57)53(58)47-44-41-38-35-21-18-15-12-9-6-3/h16-17,19-20,23-26,51-53,57-58H,4-15,18,21-22,27-50H2,1-3H3,(H,56,59)/b19-16-,20-17+,25-23+,26-24-. The summed E-state index contributed by atoms with van der Waals surface area (Å²) in [6.07, 6.45) is 58.8. The lowest BCUT2D eigenvalue weighted by molar-refractivity contribution is -0.151. The van der Waals surface area contributed by atoms with Crippen LogP contribution in [0.25, 0.3) is 0 Å². The molecule has 0 bridgehead atoms. The minimum atomic E-state index is -0.791. The van der Waals surface area contributed by atoms with Crippen LogP contribution in [0, 0.1) is 0 Å². The number of aliphatic hydroxyl groups excluding tert-OH is 2. The minimum absolute atomic E-state index is 0.0679. The van der Waals surface area contributed by atoms with Crippen molar-refractivity contribution >= 4 is 11.9 Å². The van der Waals surface area contributed by atoms with Gasteiger partial charge in [0.2, 0.25) is 5.91 Å². The summed E-state index contributed by atoms with van der Waals surface area (Å²) in [5.74, 6) is -0.490. The first-order valence-electron chi connectivity index (χ1n) is 26.4. The maximum atomic E-state index is 13.2. The fourth-order valence-electron chi connectivity index (χ4n) is 7.86. The monoisotopic (exact) mass is 856 g/mol. The minimum Gasteiger partial charge on any atom is -0.462 e. The Bertz CT molecular complexity index is 1050. The van der Waals surface area contributed by atoms with Gasteiger partial charge in [-0.25, -0.2) is 0 Å². The fraction of sp³-hybridized carbons (Fsp3) is 0.818. The molecule has 3 unspecified atom stereocenters. The smallest absolute Gasteiger partial charge is 0.306 e. The molecule has 0 rings (SSSR count). The summed E-state index contributed by atoms with van der Waals surface area (Å²) in [5.41, 5.74) is 0. The number of ether oxygens (including phenoxy) is 1. The SMILES string of the molecule is CCCCC/C=C\C/C=C\CCCCCCCCCC(CC(=O)NC(CO)C(O)CCCCCCCCCCCC)OC(=O)CCCCCCCC/C=C/C=C/CCCCC. The molecule has 0 aromatic heterocycles. The zero-order valence-electron chi connectivity index (χ0n) is 40.5. The topological polar surface area (TPSA) is 95.9 Å². The number of hydrogen-bond donors (Lipinski definition) is 3. The molecule has 0 spiro atoms. The number of aliphatic hydroxyl groups is 2. The van der Waals surface area contributed by atoms with Crippen LogP contribution >= 0.6 is 0 Å². The van der Waals surface area contributed by atoms with Gasteiger partial charge in [0.1, 0.15) is 6.10 Å². The normalized spacial score (nSPS) is 13.6. The molecule has 0 aliphatic carbocycles. The van der Waals surface area contributed by atoms with E-state index in [-0.39, 0.29) is 24.9 Å². The number of rotatable bonds is 47. The third-order valence-electron chi connectivity index (χ3n) is 11.9. The Kier molecular flexibility index (Phi) is 47.1. The predicted octanol–water partition coefficient (Wildman–Crippen LogP) is 15.8. The Morgan fingerprint density at radius 2 is 0.885 bits per heavy atom. The van der Waals surface area contributed by atoms with Crippen molar-refractivity contribution in [2.75, 3.05) is 6.61 Å². The summed E-state index contributed by atoms with van der Waals surface area (Å²) in [5, 5.41) is 23.7. The van der Waals surface area contributed by atoms with E-state index in [1.807, 2.05) is 0 Å². The van der Waals surface area contributed by atoms with E-state index in [4.69, 9.17) is 4.74 Å².